The molecule has 0 radical (unpaired) electrons. The SMILES string of the molecule is CC1CCN(S(=O)(=O)c2c(Br)nnn2C)C(C)C1. The van der Waals surface area contributed by atoms with Gasteiger partial charge in [-0.2, -0.15) is 4.31 Å². The Morgan fingerprint density at radius 3 is 2.56 bits per heavy atom. The van der Waals surface area contributed by atoms with Crippen molar-refractivity contribution < 1.29 is 8.42 Å². The predicted octanol–water partition coefficient (Wildman–Crippen LogP) is 1.39. The number of piperidine rings is 1. The van der Waals surface area contributed by atoms with E-state index in [-0.39, 0.29) is 15.7 Å². The average molecular weight is 337 g/mol. The maximum absolute atomic E-state index is 12.6. The molecule has 1 aliphatic heterocycles. The lowest BCUT2D eigenvalue weighted by Gasteiger charge is -2.35. The molecule has 0 amide bonds. The highest BCUT2D eigenvalue weighted by Gasteiger charge is 2.36. The van der Waals surface area contributed by atoms with Crippen molar-refractivity contribution >= 4 is 26.0 Å². The molecule has 8 heteroatoms. The number of hydrogen-bond donors (Lipinski definition) is 0. The van der Waals surface area contributed by atoms with E-state index in [0.29, 0.717) is 12.5 Å². The third kappa shape index (κ3) is 2.33. The average Bonchev–Trinajstić information content (AvgIpc) is 2.58. The zero-order chi connectivity index (χ0) is 13.5. The third-order valence-electron chi connectivity index (χ3n) is 3.37. The van der Waals surface area contributed by atoms with Crippen LogP contribution in [0.4, 0.5) is 0 Å². The van der Waals surface area contributed by atoms with Gasteiger partial charge >= 0.3 is 0 Å². The second-order valence-electron chi connectivity index (χ2n) is 4.90. The summed E-state index contributed by atoms with van der Waals surface area (Å²) < 4.78 is 28.3. The number of hydrogen-bond acceptors (Lipinski definition) is 4. The van der Waals surface area contributed by atoms with Gasteiger partial charge in [-0.05, 0) is 41.6 Å². The van der Waals surface area contributed by atoms with Gasteiger partial charge in [0.05, 0.1) is 0 Å². The normalized spacial score (nSPS) is 26.4. The molecule has 6 nitrogen and oxygen atoms in total. The number of halogens is 1. The first-order valence-electron chi connectivity index (χ1n) is 5.91. The van der Waals surface area contributed by atoms with E-state index in [1.54, 1.807) is 11.4 Å². The molecule has 2 atom stereocenters. The van der Waals surface area contributed by atoms with Crippen LogP contribution in [0.2, 0.25) is 0 Å². The maximum Gasteiger partial charge on any atom is 0.263 e. The zero-order valence-electron chi connectivity index (χ0n) is 10.7. The smallest absolute Gasteiger partial charge is 0.235 e. The third-order valence-corrected chi connectivity index (χ3v) is 6.27. The molecule has 1 aromatic rings. The maximum atomic E-state index is 12.6. The van der Waals surface area contributed by atoms with Crippen molar-refractivity contribution in [1.82, 2.24) is 19.3 Å². The lowest BCUT2D eigenvalue weighted by atomic mass is 9.95. The van der Waals surface area contributed by atoms with E-state index in [1.807, 2.05) is 6.92 Å². The van der Waals surface area contributed by atoms with Crippen LogP contribution in [0.3, 0.4) is 0 Å². The highest BCUT2D eigenvalue weighted by molar-refractivity contribution is 9.10. The van der Waals surface area contributed by atoms with E-state index in [4.69, 9.17) is 0 Å². The van der Waals surface area contributed by atoms with Gasteiger partial charge in [-0.25, -0.2) is 13.1 Å². The van der Waals surface area contributed by atoms with Crippen molar-refractivity contribution in [3.05, 3.63) is 4.60 Å². The first kappa shape index (κ1) is 14.0. The fourth-order valence-electron chi connectivity index (χ4n) is 2.45. The predicted molar refractivity (Wildman–Crippen MR) is 70.5 cm³/mol. The zero-order valence-corrected chi connectivity index (χ0v) is 13.1. The first-order valence-corrected chi connectivity index (χ1v) is 8.14. The van der Waals surface area contributed by atoms with E-state index >= 15 is 0 Å². The summed E-state index contributed by atoms with van der Waals surface area (Å²) in [6.07, 6.45) is 1.79. The molecule has 2 rings (SSSR count). The number of rotatable bonds is 2. The summed E-state index contributed by atoms with van der Waals surface area (Å²) in [5.74, 6) is 0.569. The van der Waals surface area contributed by atoms with Crippen LogP contribution in [0, 0.1) is 5.92 Å². The fraction of sp³-hybridized carbons (Fsp3) is 0.800. The summed E-state index contributed by atoms with van der Waals surface area (Å²) in [4.78, 5) is 0. The largest absolute Gasteiger partial charge is 0.263 e. The number of sulfonamides is 1. The quantitative estimate of drug-likeness (QED) is 0.818. The Bertz CT molecular complexity index is 523. The summed E-state index contributed by atoms with van der Waals surface area (Å²) in [5.41, 5.74) is 0. The standard InChI is InChI=1S/C10H17BrN4O2S/c1-7-4-5-15(8(2)6-7)18(16,17)10-9(11)12-13-14(10)3/h7-8H,4-6H2,1-3H3. The summed E-state index contributed by atoms with van der Waals surface area (Å²) in [7, 11) is -1.94. The molecule has 2 unspecified atom stereocenters. The molecule has 1 fully saturated rings. The summed E-state index contributed by atoms with van der Waals surface area (Å²) in [6.45, 7) is 4.66. The Balaban J connectivity index is 2.38. The Labute approximate surface area is 116 Å². The van der Waals surface area contributed by atoms with Crippen LogP contribution in [0.5, 0.6) is 0 Å². The van der Waals surface area contributed by atoms with Crippen molar-refractivity contribution in [3.63, 3.8) is 0 Å². The second-order valence-corrected chi connectivity index (χ2v) is 7.46. The lowest BCUT2D eigenvalue weighted by molar-refractivity contribution is 0.219. The molecule has 0 saturated carbocycles. The van der Waals surface area contributed by atoms with Gasteiger partial charge in [-0.1, -0.05) is 12.1 Å². The van der Waals surface area contributed by atoms with Crippen LogP contribution >= 0.6 is 15.9 Å². The molecule has 1 aromatic heterocycles. The van der Waals surface area contributed by atoms with Gasteiger partial charge in [0.1, 0.15) is 0 Å². The van der Waals surface area contributed by atoms with Gasteiger partial charge in [0.25, 0.3) is 10.0 Å². The van der Waals surface area contributed by atoms with Gasteiger partial charge in [0.15, 0.2) is 4.60 Å². The number of aryl methyl sites for hydroxylation is 1. The molecule has 18 heavy (non-hydrogen) atoms. The van der Waals surface area contributed by atoms with E-state index < -0.39 is 10.0 Å². The van der Waals surface area contributed by atoms with Crippen molar-refractivity contribution in [2.45, 2.75) is 37.8 Å². The topological polar surface area (TPSA) is 68.1 Å². The van der Waals surface area contributed by atoms with Gasteiger partial charge < -0.3 is 0 Å². The minimum absolute atomic E-state index is 0.0144. The molecule has 1 aliphatic rings. The lowest BCUT2D eigenvalue weighted by Crippen LogP contribution is -2.44. The van der Waals surface area contributed by atoms with Crippen LogP contribution < -0.4 is 0 Å². The van der Waals surface area contributed by atoms with Crippen LogP contribution in [-0.4, -0.2) is 40.3 Å². The Kier molecular flexibility index (Phi) is 3.80. The summed E-state index contributed by atoms with van der Waals surface area (Å²) in [5, 5.41) is 7.60. The molecular weight excluding hydrogens is 320 g/mol. The van der Waals surface area contributed by atoms with Crippen molar-refractivity contribution in [3.8, 4) is 0 Å². The second kappa shape index (κ2) is 4.90. The Morgan fingerprint density at radius 2 is 2.06 bits per heavy atom. The summed E-state index contributed by atoms with van der Waals surface area (Å²) >= 11 is 3.15. The molecule has 2 heterocycles. The van der Waals surface area contributed by atoms with Gasteiger partial charge in [0.2, 0.25) is 5.03 Å². The monoisotopic (exact) mass is 336 g/mol. The Hall–Kier alpha value is -0.470. The minimum Gasteiger partial charge on any atom is -0.235 e. The highest BCUT2D eigenvalue weighted by atomic mass is 79.9. The fourth-order valence-corrected chi connectivity index (χ4v) is 5.14. The van der Waals surface area contributed by atoms with E-state index in [1.165, 1.54) is 4.68 Å². The number of nitrogens with zero attached hydrogens (tertiary/aromatic N) is 4. The van der Waals surface area contributed by atoms with Gasteiger partial charge in [-0.15, -0.1) is 5.10 Å². The van der Waals surface area contributed by atoms with Crippen LogP contribution in [0.15, 0.2) is 9.63 Å². The molecule has 0 spiro atoms. The van der Waals surface area contributed by atoms with Crippen molar-refractivity contribution in [1.29, 1.82) is 0 Å². The molecular formula is C10H17BrN4O2S. The summed E-state index contributed by atoms with van der Waals surface area (Å²) in [6, 6.07) is 0.0144. The van der Waals surface area contributed by atoms with Crippen LogP contribution in [-0.2, 0) is 17.1 Å². The van der Waals surface area contributed by atoms with Crippen molar-refractivity contribution in [2.24, 2.45) is 13.0 Å². The van der Waals surface area contributed by atoms with Crippen LogP contribution in [0.1, 0.15) is 26.7 Å². The van der Waals surface area contributed by atoms with Gasteiger partial charge in [0, 0.05) is 19.6 Å². The molecule has 0 aromatic carbocycles. The van der Waals surface area contributed by atoms with E-state index in [0.717, 1.165) is 12.8 Å². The Morgan fingerprint density at radius 1 is 1.39 bits per heavy atom. The van der Waals surface area contributed by atoms with E-state index in [9.17, 15) is 8.42 Å². The molecule has 0 aliphatic carbocycles. The minimum atomic E-state index is -3.53. The molecule has 0 N–H and O–H groups in total. The first-order chi connectivity index (χ1) is 8.34. The van der Waals surface area contributed by atoms with Crippen LogP contribution in [0.25, 0.3) is 0 Å². The molecule has 0 bridgehead atoms. The highest BCUT2D eigenvalue weighted by Crippen LogP contribution is 2.30. The van der Waals surface area contributed by atoms with Gasteiger partial charge in [-0.3, -0.25) is 0 Å². The van der Waals surface area contributed by atoms with E-state index in [2.05, 4.69) is 33.2 Å². The van der Waals surface area contributed by atoms with Crippen molar-refractivity contribution in [2.75, 3.05) is 6.54 Å². The molecule has 102 valence electrons. The number of aromatic nitrogens is 3. The molecule has 1 saturated heterocycles.